The van der Waals surface area contributed by atoms with Gasteiger partial charge in [0.25, 0.3) is 0 Å². The van der Waals surface area contributed by atoms with Gasteiger partial charge in [-0.25, -0.2) is 4.39 Å². The van der Waals surface area contributed by atoms with E-state index in [1.165, 1.54) is 19.2 Å². The molecule has 1 amide bonds. The van der Waals surface area contributed by atoms with E-state index in [1.807, 2.05) is 30.3 Å². The van der Waals surface area contributed by atoms with Gasteiger partial charge in [0.2, 0.25) is 11.3 Å². The summed E-state index contributed by atoms with van der Waals surface area (Å²) >= 11 is 0. The summed E-state index contributed by atoms with van der Waals surface area (Å²) in [4.78, 5) is 29.5. The Hall–Kier alpha value is -3.65. The van der Waals surface area contributed by atoms with E-state index in [1.54, 1.807) is 29.0 Å². The largest absolute Gasteiger partial charge is 0.491 e. The molecule has 2 aromatic carbocycles. The Balaban J connectivity index is 1.44. The maximum atomic E-state index is 13.2. The lowest BCUT2D eigenvalue weighted by Crippen LogP contribution is -2.46. The van der Waals surface area contributed by atoms with Crippen molar-refractivity contribution < 1.29 is 13.9 Å². The number of hydrogen-bond donors (Lipinski definition) is 1. The van der Waals surface area contributed by atoms with Gasteiger partial charge in [0.05, 0.1) is 13.3 Å². The predicted molar refractivity (Wildman–Crippen MR) is 126 cm³/mol. The van der Waals surface area contributed by atoms with Gasteiger partial charge >= 0.3 is 0 Å². The van der Waals surface area contributed by atoms with Crippen LogP contribution in [0.3, 0.4) is 0 Å². The zero-order valence-corrected chi connectivity index (χ0v) is 18.5. The quantitative estimate of drug-likeness (QED) is 0.600. The van der Waals surface area contributed by atoms with Crippen LogP contribution in [0, 0.1) is 5.82 Å². The number of rotatable bonds is 7. The van der Waals surface area contributed by atoms with Crippen molar-refractivity contribution in [1.29, 1.82) is 0 Å². The number of carbonyl (C=O) groups is 1. The molecule has 0 unspecified atom stereocenters. The number of halogens is 1. The second-order valence-electron chi connectivity index (χ2n) is 7.98. The van der Waals surface area contributed by atoms with Crippen molar-refractivity contribution >= 4 is 17.3 Å². The van der Waals surface area contributed by atoms with Crippen LogP contribution in [0.15, 0.2) is 71.7 Å². The first kappa shape index (κ1) is 22.5. The second-order valence-corrected chi connectivity index (χ2v) is 7.98. The fourth-order valence-electron chi connectivity index (χ4n) is 3.95. The zero-order valence-electron chi connectivity index (χ0n) is 18.5. The van der Waals surface area contributed by atoms with Gasteiger partial charge < -0.3 is 19.5 Å². The van der Waals surface area contributed by atoms with Gasteiger partial charge in [-0.3, -0.25) is 14.5 Å². The molecule has 7 nitrogen and oxygen atoms in total. The summed E-state index contributed by atoms with van der Waals surface area (Å²) in [6, 6.07) is 17.3. The van der Waals surface area contributed by atoms with Crippen LogP contribution in [0.1, 0.15) is 5.69 Å². The van der Waals surface area contributed by atoms with Crippen LogP contribution in [0.4, 0.5) is 15.8 Å². The van der Waals surface area contributed by atoms with Crippen LogP contribution < -0.4 is 20.4 Å². The third-order valence-electron chi connectivity index (χ3n) is 5.72. The lowest BCUT2D eigenvalue weighted by molar-refractivity contribution is -0.116. The number of methoxy groups -OCH3 is 1. The summed E-state index contributed by atoms with van der Waals surface area (Å²) in [6.07, 6.45) is 1.59. The minimum Gasteiger partial charge on any atom is -0.491 e. The first-order valence-corrected chi connectivity index (χ1v) is 10.9. The molecule has 1 aromatic heterocycles. The van der Waals surface area contributed by atoms with Gasteiger partial charge in [-0.2, -0.15) is 0 Å². The van der Waals surface area contributed by atoms with Crippen LogP contribution in [0.5, 0.6) is 5.75 Å². The number of carbonyl (C=O) groups excluding carboxylic acids is 1. The molecule has 0 bridgehead atoms. The number of para-hydroxylation sites is 1. The zero-order chi connectivity index (χ0) is 23.2. The van der Waals surface area contributed by atoms with E-state index in [0.29, 0.717) is 12.2 Å². The molecule has 0 aliphatic carbocycles. The Morgan fingerprint density at radius 1 is 1.03 bits per heavy atom. The van der Waals surface area contributed by atoms with E-state index in [4.69, 9.17) is 4.74 Å². The van der Waals surface area contributed by atoms with E-state index in [-0.39, 0.29) is 29.4 Å². The lowest BCUT2D eigenvalue weighted by Gasteiger charge is -2.36. The summed E-state index contributed by atoms with van der Waals surface area (Å²) in [5, 5.41) is 2.88. The van der Waals surface area contributed by atoms with Crippen LogP contribution in [-0.2, 0) is 17.9 Å². The van der Waals surface area contributed by atoms with Gasteiger partial charge in [-0.05, 0) is 36.4 Å². The van der Waals surface area contributed by atoms with Gasteiger partial charge in [-0.15, -0.1) is 0 Å². The van der Waals surface area contributed by atoms with Crippen LogP contribution in [0.2, 0.25) is 0 Å². The third-order valence-corrected chi connectivity index (χ3v) is 5.72. The molecule has 4 rings (SSSR count). The molecule has 1 saturated heterocycles. The molecule has 8 heteroatoms. The maximum Gasteiger partial charge on any atom is 0.244 e. The van der Waals surface area contributed by atoms with Crippen molar-refractivity contribution in [3.63, 3.8) is 0 Å². The number of piperazine rings is 1. The molecule has 172 valence electrons. The number of pyridine rings is 1. The predicted octanol–water partition coefficient (Wildman–Crippen LogP) is 2.96. The summed E-state index contributed by atoms with van der Waals surface area (Å²) < 4.78 is 20.2. The molecule has 0 radical (unpaired) electrons. The first-order chi connectivity index (χ1) is 16.0. The average Bonchev–Trinajstić information content (AvgIpc) is 2.82. The summed E-state index contributed by atoms with van der Waals surface area (Å²) in [6.45, 7) is 3.76. The van der Waals surface area contributed by atoms with E-state index >= 15 is 0 Å². The van der Waals surface area contributed by atoms with Crippen LogP contribution in [-0.4, -0.2) is 48.7 Å². The van der Waals surface area contributed by atoms with Crippen molar-refractivity contribution in [2.45, 2.75) is 13.1 Å². The highest BCUT2D eigenvalue weighted by Gasteiger charge is 2.20. The number of hydrogen-bond acceptors (Lipinski definition) is 5. The first-order valence-electron chi connectivity index (χ1n) is 10.9. The normalized spacial score (nSPS) is 14.2. The molecule has 1 N–H and O–H groups in total. The molecule has 2 heterocycles. The number of nitrogens with zero attached hydrogens (tertiary/aromatic N) is 3. The third kappa shape index (κ3) is 5.78. The van der Waals surface area contributed by atoms with E-state index in [9.17, 15) is 14.0 Å². The monoisotopic (exact) mass is 450 g/mol. The molecule has 0 spiro atoms. The number of anilines is 2. The summed E-state index contributed by atoms with van der Waals surface area (Å²) in [7, 11) is 1.44. The molecule has 33 heavy (non-hydrogen) atoms. The standard InChI is InChI=1S/C25H27FN4O3/c1-33-24-17-30(18-25(32)27-20-5-3-2-4-6-20)22(15-23(24)31)16-28-11-13-29(14-12-28)21-9-7-19(26)8-10-21/h2-10,15,17H,11-14,16,18H2,1H3,(H,27,32). The number of nitrogens with one attached hydrogen (secondary N) is 1. The molecular formula is C25H27FN4O3. The Morgan fingerprint density at radius 3 is 2.39 bits per heavy atom. The van der Waals surface area contributed by atoms with Gasteiger partial charge in [0.1, 0.15) is 12.4 Å². The smallest absolute Gasteiger partial charge is 0.244 e. The number of benzene rings is 2. The van der Waals surface area contributed by atoms with Crippen molar-refractivity contribution in [2.24, 2.45) is 0 Å². The fraction of sp³-hybridized carbons (Fsp3) is 0.280. The Bertz CT molecular complexity index is 1140. The number of amides is 1. The highest BCUT2D eigenvalue weighted by Crippen LogP contribution is 2.18. The molecular weight excluding hydrogens is 423 g/mol. The summed E-state index contributed by atoms with van der Waals surface area (Å²) in [5.74, 6) is -0.229. The minimum atomic E-state index is -0.244. The Kier molecular flexibility index (Phi) is 7.04. The minimum absolute atomic E-state index is 0.0659. The van der Waals surface area contributed by atoms with Crippen molar-refractivity contribution in [1.82, 2.24) is 9.47 Å². The van der Waals surface area contributed by atoms with Crippen molar-refractivity contribution in [3.05, 3.63) is 88.6 Å². The molecule has 1 aliphatic rings. The highest BCUT2D eigenvalue weighted by molar-refractivity contribution is 5.90. The maximum absolute atomic E-state index is 13.2. The van der Waals surface area contributed by atoms with Crippen molar-refractivity contribution in [3.8, 4) is 5.75 Å². The van der Waals surface area contributed by atoms with Crippen LogP contribution in [0.25, 0.3) is 0 Å². The number of aromatic nitrogens is 1. The van der Waals surface area contributed by atoms with E-state index < -0.39 is 0 Å². The second kappa shape index (κ2) is 10.3. The Labute approximate surface area is 192 Å². The van der Waals surface area contributed by atoms with Crippen molar-refractivity contribution in [2.75, 3.05) is 43.5 Å². The highest BCUT2D eigenvalue weighted by atomic mass is 19.1. The average molecular weight is 451 g/mol. The van der Waals surface area contributed by atoms with E-state index in [2.05, 4.69) is 15.1 Å². The summed E-state index contributed by atoms with van der Waals surface area (Å²) in [5.41, 5.74) is 2.25. The van der Waals surface area contributed by atoms with Gasteiger partial charge in [0, 0.05) is 55.9 Å². The topological polar surface area (TPSA) is 66.8 Å². The Morgan fingerprint density at radius 2 is 1.73 bits per heavy atom. The lowest BCUT2D eigenvalue weighted by atomic mass is 10.2. The van der Waals surface area contributed by atoms with Gasteiger partial charge in [0.15, 0.2) is 5.75 Å². The molecule has 0 atom stereocenters. The van der Waals surface area contributed by atoms with E-state index in [0.717, 1.165) is 37.6 Å². The molecule has 1 fully saturated rings. The van der Waals surface area contributed by atoms with Gasteiger partial charge in [-0.1, -0.05) is 18.2 Å². The number of ether oxygens (including phenoxy) is 1. The molecule has 1 aliphatic heterocycles. The SMILES string of the molecule is COc1cn(CC(=O)Nc2ccccc2)c(CN2CCN(c3ccc(F)cc3)CC2)cc1=O. The fourth-order valence-corrected chi connectivity index (χ4v) is 3.95. The van der Waals surface area contributed by atoms with Crippen LogP contribution >= 0.6 is 0 Å². The molecule has 3 aromatic rings. The molecule has 0 saturated carbocycles.